The lowest BCUT2D eigenvalue weighted by Crippen LogP contribution is -2.29. The summed E-state index contributed by atoms with van der Waals surface area (Å²) in [5.41, 5.74) is 0. The van der Waals surface area contributed by atoms with E-state index < -0.39 is 51.8 Å². The minimum absolute atomic E-state index is 0.0893. The van der Waals surface area contributed by atoms with Crippen LogP contribution in [-0.2, 0) is 32.7 Å². The molecule has 0 radical (unpaired) electrons. The van der Waals surface area contributed by atoms with E-state index in [0.717, 1.165) is 70.6 Å². The van der Waals surface area contributed by atoms with Crippen LogP contribution in [-0.4, -0.2) is 65.7 Å². The van der Waals surface area contributed by atoms with Gasteiger partial charge in [0.25, 0.3) is 0 Å². The van der Waals surface area contributed by atoms with Crippen LogP contribution >= 0.6 is 7.82 Å². The fourth-order valence-electron chi connectivity index (χ4n) is 4.43. The molecule has 0 saturated heterocycles. The Morgan fingerprint density at radius 2 is 0.945 bits per heavy atom. The number of phosphoric ester groups is 1. The van der Waals surface area contributed by atoms with Gasteiger partial charge >= 0.3 is 19.8 Å². The van der Waals surface area contributed by atoms with Gasteiger partial charge in [-0.05, 0) is 89.9 Å². The summed E-state index contributed by atoms with van der Waals surface area (Å²) in [6.07, 6.45) is 47.8. The lowest BCUT2D eigenvalue weighted by atomic mass is 10.2. The van der Waals surface area contributed by atoms with Crippen molar-refractivity contribution in [2.45, 2.75) is 129 Å². The Bertz CT molecular complexity index is 1270. The molecule has 3 N–H and O–H groups in total. The molecule has 310 valence electrons. The van der Waals surface area contributed by atoms with Crippen LogP contribution < -0.4 is 0 Å². The fraction of sp³-hybridized carbons (Fsp3) is 0.545. The highest BCUT2D eigenvalue weighted by Gasteiger charge is 2.27. The van der Waals surface area contributed by atoms with E-state index >= 15 is 0 Å². The molecule has 0 aromatic heterocycles. The molecular formula is C44H69O10P. The largest absolute Gasteiger partial charge is 0.472 e. The number of rotatable bonds is 35. The van der Waals surface area contributed by atoms with Gasteiger partial charge in [0, 0.05) is 12.8 Å². The molecule has 55 heavy (non-hydrogen) atoms. The van der Waals surface area contributed by atoms with Crippen LogP contribution in [0, 0.1) is 0 Å². The Morgan fingerprint density at radius 3 is 1.40 bits per heavy atom. The van der Waals surface area contributed by atoms with Gasteiger partial charge < -0.3 is 24.6 Å². The van der Waals surface area contributed by atoms with Gasteiger partial charge in [-0.1, -0.05) is 123 Å². The SMILES string of the molecule is CC/C=C/C/C=C/C/C=C/C/C=C/C/C=C/CCCC(=O)O[C@H](COC(=O)CCCC/C=C/C/C=C/C/C=C/C/C=C/CC)COP(=O)(O)OC[C@@H](O)CO. The molecule has 0 fully saturated rings. The first-order chi connectivity index (χ1) is 26.7. The second-order valence-electron chi connectivity index (χ2n) is 12.5. The van der Waals surface area contributed by atoms with Crippen molar-refractivity contribution in [1.82, 2.24) is 0 Å². The summed E-state index contributed by atoms with van der Waals surface area (Å²) in [4.78, 5) is 34.9. The summed E-state index contributed by atoms with van der Waals surface area (Å²) < 4.78 is 32.5. The number of aliphatic hydroxyl groups excluding tert-OH is 2. The highest BCUT2D eigenvalue weighted by Crippen LogP contribution is 2.43. The molecule has 10 nitrogen and oxygen atoms in total. The van der Waals surface area contributed by atoms with Gasteiger partial charge in [-0.15, -0.1) is 0 Å². The molecule has 0 aliphatic heterocycles. The highest BCUT2D eigenvalue weighted by atomic mass is 31.2. The summed E-state index contributed by atoms with van der Waals surface area (Å²) >= 11 is 0. The van der Waals surface area contributed by atoms with Crippen molar-refractivity contribution < 1.29 is 47.8 Å². The molecule has 0 aromatic rings. The molecule has 3 atom stereocenters. The van der Waals surface area contributed by atoms with E-state index in [1.807, 2.05) is 12.2 Å². The number of ether oxygens (including phenoxy) is 2. The average molecular weight is 789 g/mol. The Kier molecular flexibility index (Phi) is 36.5. The zero-order valence-corrected chi connectivity index (χ0v) is 34.2. The van der Waals surface area contributed by atoms with Crippen molar-refractivity contribution in [3.8, 4) is 0 Å². The lowest BCUT2D eigenvalue weighted by Gasteiger charge is -2.20. The van der Waals surface area contributed by atoms with Crippen LogP contribution in [0.15, 0.2) is 109 Å². The first-order valence-corrected chi connectivity index (χ1v) is 21.3. The van der Waals surface area contributed by atoms with E-state index in [4.69, 9.17) is 19.1 Å². The molecule has 0 heterocycles. The minimum Gasteiger partial charge on any atom is -0.462 e. The van der Waals surface area contributed by atoms with E-state index in [9.17, 15) is 24.2 Å². The van der Waals surface area contributed by atoms with Gasteiger partial charge in [-0.3, -0.25) is 18.6 Å². The van der Waals surface area contributed by atoms with Gasteiger partial charge in [0.05, 0.1) is 19.8 Å². The van der Waals surface area contributed by atoms with Crippen LogP contribution in [0.1, 0.15) is 117 Å². The number of aliphatic hydroxyl groups is 2. The Balaban J connectivity index is 4.55. The summed E-state index contributed by atoms with van der Waals surface area (Å²) in [7, 11) is -4.65. The molecule has 11 heteroatoms. The standard InChI is InChI=1S/C44H69O10P/c1-3-5-7-9-11-13-15-17-19-20-22-24-26-28-30-32-34-36-44(48)54-42(40-53-55(49,50)52-38-41(46)37-45)39-51-43(47)35-33-31-29-27-25-23-21-18-16-14-12-10-8-6-4-2/h5-8,11-14,17-19,21-22,24-25,27-28,30,41-42,45-46H,3-4,9-10,15-16,20,23,26,29,31-40H2,1-2H3,(H,49,50)/b7-5+,8-6+,13-11+,14-12+,19-17+,21-18+,24-22+,27-25+,30-28+/t41-,42+/m0/s1. The van der Waals surface area contributed by atoms with Gasteiger partial charge in [0.15, 0.2) is 6.10 Å². The molecule has 0 bridgehead atoms. The summed E-state index contributed by atoms with van der Waals surface area (Å²) in [6.45, 7) is 1.99. The predicted molar refractivity (Wildman–Crippen MR) is 223 cm³/mol. The number of carbonyl (C=O) groups excluding carboxylic acids is 2. The van der Waals surface area contributed by atoms with E-state index in [1.54, 1.807) is 0 Å². The van der Waals surface area contributed by atoms with Crippen molar-refractivity contribution in [3.05, 3.63) is 109 Å². The van der Waals surface area contributed by atoms with Gasteiger partial charge in [0.1, 0.15) is 12.7 Å². The molecular weight excluding hydrogens is 719 g/mol. The molecule has 0 aliphatic carbocycles. The molecule has 0 amide bonds. The van der Waals surface area contributed by atoms with Crippen molar-refractivity contribution in [2.75, 3.05) is 26.4 Å². The number of esters is 2. The number of allylic oxidation sites excluding steroid dienone is 18. The maximum Gasteiger partial charge on any atom is 0.472 e. The number of carbonyl (C=O) groups is 2. The van der Waals surface area contributed by atoms with Crippen LogP contribution in [0.2, 0.25) is 0 Å². The fourth-order valence-corrected chi connectivity index (χ4v) is 5.22. The van der Waals surface area contributed by atoms with Crippen LogP contribution in [0.3, 0.4) is 0 Å². The Morgan fingerprint density at radius 1 is 0.545 bits per heavy atom. The third kappa shape index (κ3) is 38.7. The first kappa shape index (κ1) is 51.6. The van der Waals surface area contributed by atoms with E-state index in [-0.39, 0.29) is 19.4 Å². The molecule has 0 spiro atoms. The third-order valence-electron chi connectivity index (χ3n) is 7.42. The number of phosphoric acid groups is 1. The lowest BCUT2D eigenvalue weighted by molar-refractivity contribution is -0.161. The van der Waals surface area contributed by atoms with Gasteiger partial charge in [-0.25, -0.2) is 4.57 Å². The van der Waals surface area contributed by atoms with E-state index in [0.29, 0.717) is 19.3 Å². The van der Waals surface area contributed by atoms with Crippen molar-refractivity contribution in [2.24, 2.45) is 0 Å². The maximum atomic E-state index is 12.6. The smallest absolute Gasteiger partial charge is 0.462 e. The van der Waals surface area contributed by atoms with Gasteiger partial charge in [-0.2, -0.15) is 0 Å². The minimum atomic E-state index is -4.65. The van der Waals surface area contributed by atoms with E-state index in [2.05, 4.69) is 116 Å². The van der Waals surface area contributed by atoms with E-state index in [1.165, 1.54) is 0 Å². The summed E-state index contributed by atoms with van der Waals surface area (Å²) in [5.74, 6) is -1.06. The predicted octanol–water partition coefficient (Wildman–Crippen LogP) is 10.2. The topological polar surface area (TPSA) is 149 Å². The summed E-state index contributed by atoms with van der Waals surface area (Å²) in [6, 6.07) is 0. The van der Waals surface area contributed by atoms with Crippen LogP contribution in [0.4, 0.5) is 0 Å². The number of unbranched alkanes of at least 4 members (excludes halogenated alkanes) is 3. The zero-order chi connectivity index (χ0) is 40.5. The second-order valence-corrected chi connectivity index (χ2v) is 14.0. The summed E-state index contributed by atoms with van der Waals surface area (Å²) in [5, 5.41) is 18.3. The second kappa shape index (κ2) is 38.9. The molecule has 1 unspecified atom stereocenters. The number of hydrogen-bond donors (Lipinski definition) is 3. The average Bonchev–Trinajstić information content (AvgIpc) is 3.17. The van der Waals surface area contributed by atoms with Gasteiger partial charge in [0.2, 0.25) is 0 Å². The zero-order valence-electron chi connectivity index (χ0n) is 33.3. The molecule has 0 rings (SSSR count). The molecule has 0 saturated carbocycles. The first-order valence-electron chi connectivity index (χ1n) is 19.8. The van der Waals surface area contributed by atoms with Crippen LogP contribution in [0.5, 0.6) is 0 Å². The van der Waals surface area contributed by atoms with Crippen molar-refractivity contribution >= 4 is 19.8 Å². The third-order valence-corrected chi connectivity index (χ3v) is 8.37. The highest BCUT2D eigenvalue weighted by molar-refractivity contribution is 7.47. The maximum absolute atomic E-state index is 12.6. The molecule has 0 aliphatic rings. The normalized spacial score (nSPS) is 15.1. The number of hydrogen-bond acceptors (Lipinski definition) is 9. The Labute approximate surface area is 331 Å². The Hall–Kier alpha value is -3.37. The molecule has 0 aromatic carbocycles. The van der Waals surface area contributed by atoms with Crippen molar-refractivity contribution in [1.29, 1.82) is 0 Å². The quantitative estimate of drug-likeness (QED) is 0.0245. The monoisotopic (exact) mass is 788 g/mol. The van der Waals surface area contributed by atoms with Crippen molar-refractivity contribution in [3.63, 3.8) is 0 Å². The van der Waals surface area contributed by atoms with Crippen LogP contribution in [0.25, 0.3) is 0 Å².